The molecule has 1 nitrogen and oxygen atoms in total. The third kappa shape index (κ3) is 1.84. The van der Waals surface area contributed by atoms with Crippen molar-refractivity contribution in [1.82, 2.24) is 0 Å². The molecule has 2 rings (SSSR count). The van der Waals surface area contributed by atoms with E-state index < -0.39 is 6.17 Å². The van der Waals surface area contributed by atoms with Gasteiger partial charge in [0.05, 0.1) is 0 Å². The molecule has 0 aromatic carbocycles. The molecule has 1 atom stereocenters. The molecule has 0 saturated carbocycles. The third-order valence-corrected chi connectivity index (χ3v) is 3.96. The van der Waals surface area contributed by atoms with Gasteiger partial charge in [0.2, 0.25) is 0 Å². The summed E-state index contributed by atoms with van der Waals surface area (Å²) < 4.78 is 13.7. The van der Waals surface area contributed by atoms with Gasteiger partial charge in [-0.1, -0.05) is 0 Å². The number of halogens is 1. The summed E-state index contributed by atoms with van der Waals surface area (Å²) >= 11 is 1.73. The Hall–Kier alpha value is -0.410. The normalized spacial score (nSPS) is 17.9. The molecule has 1 heterocycles. The van der Waals surface area contributed by atoms with Crippen LogP contribution in [0.15, 0.2) is 5.38 Å². The van der Waals surface area contributed by atoms with Gasteiger partial charge >= 0.3 is 0 Å². The highest BCUT2D eigenvalue weighted by atomic mass is 32.1. The van der Waals surface area contributed by atoms with E-state index in [0.29, 0.717) is 13.0 Å². The summed E-state index contributed by atoms with van der Waals surface area (Å²) in [7, 11) is 0. The average Bonchev–Trinajstić information content (AvgIpc) is 2.61. The number of rotatable bonds is 3. The summed E-state index contributed by atoms with van der Waals surface area (Å²) in [4.78, 5) is 1.41. The van der Waals surface area contributed by atoms with Gasteiger partial charge in [0.1, 0.15) is 6.17 Å². The van der Waals surface area contributed by atoms with Crippen molar-refractivity contribution < 1.29 is 4.39 Å². The number of nitrogens with two attached hydrogens (primary N) is 1. The number of aryl methyl sites for hydroxylation is 1. The summed E-state index contributed by atoms with van der Waals surface area (Å²) in [6.07, 6.45) is 4.32. The minimum atomic E-state index is -0.835. The van der Waals surface area contributed by atoms with Crippen LogP contribution in [-0.4, -0.2) is 6.54 Å². The van der Waals surface area contributed by atoms with Crippen molar-refractivity contribution in [2.24, 2.45) is 5.73 Å². The molecular formula is C11H16FNS. The Bertz CT molecular complexity index is 308. The van der Waals surface area contributed by atoms with Crippen LogP contribution in [0.2, 0.25) is 0 Å². The summed E-state index contributed by atoms with van der Waals surface area (Å²) in [5, 5.41) is 2.00. The fraction of sp³-hybridized carbons (Fsp3) is 0.636. The maximum Gasteiger partial charge on any atom is 0.127 e. The predicted octanol–water partition coefficient (Wildman–Crippen LogP) is 2.99. The van der Waals surface area contributed by atoms with E-state index in [1.54, 1.807) is 11.3 Å². The standard InChI is InChI=1S/C11H16FNS/c12-10(5-6-13)9-7-14-11-4-2-1-3-8(9)11/h7,10H,1-6,13H2. The number of thiophene rings is 1. The lowest BCUT2D eigenvalue weighted by Gasteiger charge is -2.14. The fourth-order valence-corrected chi connectivity index (χ4v) is 3.27. The van der Waals surface area contributed by atoms with Crippen LogP contribution in [0.5, 0.6) is 0 Å². The molecule has 0 aliphatic heterocycles. The van der Waals surface area contributed by atoms with E-state index in [2.05, 4.69) is 0 Å². The lowest BCUT2D eigenvalue weighted by molar-refractivity contribution is 0.326. The van der Waals surface area contributed by atoms with E-state index in [-0.39, 0.29) is 0 Å². The molecule has 78 valence electrons. The van der Waals surface area contributed by atoms with E-state index in [9.17, 15) is 4.39 Å². The molecule has 1 aliphatic rings. The van der Waals surface area contributed by atoms with Crippen LogP contribution in [0, 0.1) is 0 Å². The first kappa shape index (κ1) is 10.1. The molecule has 3 heteroatoms. The van der Waals surface area contributed by atoms with Gasteiger partial charge in [-0.05, 0) is 49.6 Å². The van der Waals surface area contributed by atoms with Crippen molar-refractivity contribution in [3.8, 4) is 0 Å². The largest absolute Gasteiger partial charge is 0.330 e. The zero-order valence-electron chi connectivity index (χ0n) is 8.26. The lowest BCUT2D eigenvalue weighted by Crippen LogP contribution is -2.07. The predicted molar refractivity (Wildman–Crippen MR) is 58.5 cm³/mol. The second kappa shape index (κ2) is 4.41. The quantitative estimate of drug-likeness (QED) is 0.820. The van der Waals surface area contributed by atoms with Crippen molar-refractivity contribution in [1.29, 1.82) is 0 Å². The highest BCUT2D eigenvalue weighted by Gasteiger charge is 2.20. The van der Waals surface area contributed by atoms with Gasteiger partial charge in [-0.15, -0.1) is 11.3 Å². The first-order chi connectivity index (χ1) is 6.83. The SMILES string of the molecule is NCCC(F)c1csc2c1CCCC2. The Morgan fingerprint density at radius 3 is 3.00 bits per heavy atom. The van der Waals surface area contributed by atoms with Gasteiger partial charge < -0.3 is 5.73 Å². The number of alkyl halides is 1. The Morgan fingerprint density at radius 1 is 1.43 bits per heavy atom. The van der Waals surface area contributed by atoms with Crippen molar-refractivity contribution in [3.63, 3.8) is 0 Å². The monoisotopic (exact) mass is 213 g/mol. The maximum atomic E-state index is 13.7. The first-order valence-corrected chi connectivity index (χ1v) is 6.14. The van der Waals surface area contributed by atoms with Crippen LogP contribution in [-0.2, 0) is 12.8 Å². The smallest absolute Gasteiger partial charge is 0.127 e. The van der Waals surface area contributed by atoms with Gasteiger partial charge in [-0.25, -0.2) is 4.39 Å². The molecule has 0 bridgehead atoms. The van der Waals surface area contributed by atoms with Crippen molar-refractivity contribution in [2.75, 3.05) is 6.54 Å². The molecule has 1 unspecified atom stereocenters. The average molecular weight is 213 g/mol. The zero-order chi connectivity index (χ0) is 9.97. The van der Waals surface area contributed by atoms with E-state index in [1.807, 2.05) is 5.38 Å². The summed E-state index contributed by atoms with van der Waals surface area (Å²) in [5.41, 5.74) is 7.59. The highest BCUT2D eigenvalue weighted by Crippen LogP contribution is 2.35. The maximum absolute atomic E-state index is 13.7. The Morgan fingerprint density at radius 2 is 2.21 bits per heavy atom. The molecule has 14 heavy (non-hydrogen) atoms. The van der Waals surface area contributed by atoms with Gasteiger partial charge in [0.25, 0.3) is 0 Å². The molecule has 1 aromatic heterocycles. The van der Waals surface area contributed by atoms with Crippen molar-refractivity contribution >= 4 is 11.3 Å². The third-order valence-electron chi connectivity index (χ3n) is 2.85. The topological polar surface area (TPSA) is 26.0 Å². The molecule has 0 radical (unpaired) electrons. The summed E-state index contributed by atoms with van der Waals surface area (Å²) in [5.74, 6) is 0. The van der Waals surface area contributed by atoms with Crippen LogP contribution < -0.4 is 5.73 Å². The van der Waals surface area contributed by atoms with Gasteiger partial charge in [-0.2, -0.15) is 0 Å². The van der Waals surface area contributed by atoms with Crippen LogP contribution in [0.1, 0.15) is 41.4 Å². The molecule has 0 saturated heterocycles. The Balaban J connectivity index is 2.21. The minimum Gasteiger partial charge on any atom is -0.330 e. The molecule has 1 aromatic rings. The van der Waals surface area contributed by atoms with Crippen LogP contribution in [0.4, 0.5) is 4.39 Å². The molecule has 2 N–H and O–H groups in total. The van der Waals surface area contributed by atoms with E-state index in [0.717, 1.165) is 18.4 Å². The minimum absolute atomic E-state index is 0.436. The molecule has 0 amide bonds. The zero-order valence-corrected chi connectivity index (χ0v) is 9.08. The van der Waals surface area contributed by atoms with Gasteiger partial charge in [0, 0.05) is 10.4 Å². The van der Waals surface area contributed by atoms with E-state index >= 15 is 0 Å². The summed E-state index contributed by atoms with van der Waals surface area (Å²) in [6.45, 7) is 0.436. The first-order valence-electron chi connectivity index (χ1n) is 5.26. The molecule has 1 aliphatic carbocycles. The number of hydrogen-bond donors (Lipinski definition) is 1. The molecule has 0 spiro atoms. The highest BCUT2D eigenvalue weighted by molar-refractivity contribution is 7.10. The molecule has 0 fully saturated rings. The second-order valence-electron chi connectivity index (χ2n) is 3.84. The Labute approximate surface area is 88.1 Å². The fourth-order valence-electron chi connectivity index (χ4n) is 2.08. The van der Waals surface area contributed by atoms with Crippen molar-refractivity contribution in [3.05, 3.63) is 21.4 Å². The lowest BCUT2D eigenvalue weighted by atomic mass is 9.93. The Kier molecular flexibility index (Phi) is 3.19. The number of hydrogen-bond acceptors (Lipinski definition) is 2. The number of fused-ring (bicyclic) bond motifs is 1. The second-order valence-corrected chi connectivity index (χ2v) is 4.81. The van der Waals surface area contributed by atoms with E-state index in [4.69, 9.17) is 5.73 Å². The van der Waals surface area contributed by atoms with Gasteiger partial charge in [-0.3, -0.25) is 0 Å². The van der Waals surface area contributed by atoms with Crippen LogP contribution in [0.25, 0.3) is 0 Å². The molecular weight excluding hydrogens is 197 g/mol. The van der Waals surface area contributed by atoms with Gasteiger partial charge in [0.15, 0.2) is 0 Å². The summed E-state index contributed by atoms with van der Waals surface area (Å²) in [6, 6.07) is 0. The van der Waals surface area contributed by atoms with Crippen LogP contribution >= 0.6 is 11.3 Å². The van der Waals surface area contributed by atoms with E-state index in [1.165, 1.54) is 23.3 Å². The van der Waals surface area contributed by atoms with Crippen molar-refractivity contribution in [2.45, 2.75) is 38.3 Å². The van der Waals surface area contributed by atoms with Crippen LogP contribution in [0.3, 0.4) is 0 Å².